The van der Waals surface area contributed by atoms with Gasteiger partial charge in [0.05, 0.1) is 0 Å². The lowest BCUT2D eigenvalue weighted by atomic mass is 10.0. The number of nitrogen functional groups attached to an aromatic ring is 1. The van der Waals surface area contributed by atoms with Gasteiger partial charge in [0.2, 0.25) is 11.5 Å². The first kappa shape index (κ1) is 25.1. The van der Waals surface area contributed by atoms with Crippen LogP contribution in [-0.4, -0.2) is 107 Å². The zero-order chi connectivity index (χ0) is 26.4. The second-order valence-electron chi connectivity index (χ2n) is 8.66. The number of oxime groups is 1. The van der Waals surface area contributed by atoms with Gasteiger partial charge >= 0.3 is 5.97 Å². The number of aliphatic hydroxyl groups is 1. The van der Waals surface area contributed by atoms with E-state index in [0.717, 1.165) is 23.0 Å². The summed E-state index contributed by atoms with van der Waals surface area (Å²) in [4.78, 5) is 56.9. The van der Waals surface area contributed by atoms with E-state index in [1.165, 1.54) is 22.7 Å². The maximum Gasteiger partial charge on any atom is 0.352 e. The van der Waals surface area contributed by atoms with Crippen LogP contribution in [0.4, 0.5) is 5.13 Å². The number of aromatic nitrogens is 2. The molecule has 17 heteroatoms. The van der Waals surface area contributed by atoms with Gasteiger partial charge in [-0.15, -0.1) is 11.8 Å². The lowest BCUT2D eigenvalue weighted by molar-refractivity contribution is -0.150. The fourth-order valence-electron chi connectivity index (χ4n) is 4.79. The van der Waals surface area contributed by atoms with Crippen molar-refractivity contribution in [2.75, 3.05) is 24.6 Å². The lowest BCUT2D eigenvalue weighted by Crippen LogP contribution is -2.71. The Morgan fingerprint density at radius 2 is 2.11 bits per heavy atom. The number of thioether (sulfide) groups is 1. The predicted molar refractivity (Wildman–Crippen MR) is 129 cm³/mol. The molecule has 0 radical (unpaired) electrons. The molecule has 1 unspecified atom stereocenters. The fourth-order valence-corrected chi connectivity index (χ4v) is 6.53. The minimum Gasteiger partial charge on any atom is -0.477 e. The van der Waals surface area contributed by atoms with Gasteiger partial charge in [0.25, 0.3) is 17.7 Å². The van der Waals surface area contributed by atoms with Gasteiger partial charge in [0.15, 0.2) is 5.13 Å². The molecule has 1 aromatic heterocycles. The smallest absolute Gasteiger partial charge is 0.352 e. The Bertz CT molecular complexity index is 1270. The van der Waals surface area contributed by atoms with Crippen LogP contribution in [0.25, 0.3) is 0 Å². The van der Waals surface area contributed by atoms with Crippen LogP contribution in [0.1, 0.15) is 18.7 Å². The molecule has 196 valence electrons. The molecule has 0 bridgehead atoms. The third kappa shape index (κ3) is 4.32. The van der Waals surface area contributed by atoms with Gasteiger partial charge in [-0.05, 0) is 24.6 Å². The van der Waals surface area contributed by atoms with Crippen molar-refractivity contribution in [3.8, 4) is 0 Å². The molecular formula is C20H22N8O7S2. The number of hydrogen-bond donors (Lipinski definition) is 6. The Balaban J connectivity index is 1.35. The number of fused-ring (bicyclic) bond motifs is 1. The van der Waals surface area contributed by atoms with Gasteiger partial charge < -0.3 is 36.7 Å². The molecule has 0 aromatic carbocycles. The summed E-state index contributed by atoms with van der Waals surface area (Å²) in [6.45, 7) is 1.31. The third-order valence-corrected chi connectivity index (χ3v) is 8.31. The summed E-state index contributed by atoms with van der Waals surface area (Å²) in [6.07, 6.45) is 1.19. The molecule has 1 aromatic rings. The zero-order valence-electron chi connectivity index (χ0n) is 19.0. The lowest BCUT2D eigenvalue weighted by Gasteiger charge is -2.49. The summed E-state index contributed by atoms with van der Waals surface area (Å²) in [6, 6.07) is -1.23. The largest absolute Gasteiger partial charge is 0.477 e. The highest BCUT2D eigenvalue weighted by molar-refractivity contribution is 8.00. The van der Waals surface area contributed by atoms with Crippen molar-refractivity contribution in [2.45, 2.75) is 36.5 Å². The number of nitrogens with two attached hydrogens (primary N) is 1. The maximum absolute atomic E-state index is 13.0. The maximum atomic E-state index is 13.0. The Kier molecular flexibility index (Phi) is 6.61. The standard InChI is InChI=1S/C20H22N8O7S2/c21-20-24-14(26-37-20)11(25-35)15(30)23-12-17(32)28-13(19(33)34)8(6-36-18(12)28)3-7-4-10(29)27(16(7)31)9-1-2-22-5-9/h3,9-10,12,18,22,29,35H,1-2,4-6H2,(H,23,30)(H,33,34)(H2,21,24,26)/b7-3+,25-11-/t9-,10?,12-,18-/m1/s1. The molecule has 0 aliphatic carbocycles. The highest BCUT2D eigenvalue weighted by atomic mass is 32.2. The molecule has 15 nitrogen and oxygen atoms in total. The number of allylic oxidation sites excluding steroid dienone is 1. The number of rotatable bonds is 6. The molecule has 4 aliphatic rings. The number of amides is 3. The van der Waals surface area contributed by atoms with Crippen LogP contribution < -0.4 is 16.4 Å². The molecule has 5 heterocycles. The van der Waals surface area contributed by atoms with Crippen molar-refractivity contribution in [3.63, 3.8) is 0 Å². The molecule has 37 heavy (non-hydrogen) atoms. The summed E-state index contributed by atoms with van der Waals surface area (Å²) in [5.41, 5.74) is 5.19. The first-order chi connectivity index (χ1) is 17.7. The van der Waals surface area contributed by atoms with E-state index in [4.69, 9.17) is 5.73 Å². The topological polar surface area (TPSA) is 224 Å². The Labute approximate surface area is 217 Å². The van der Waals surface area contributed by atoms with Crippen molar-refractivity contribution >= 4 is 57.8 Å². The monoisotopic (exact) mass is 550 g/mol. The van der Waals surface area contributed by atoms with Crippen molar-refractivity contribution < 1.29 is 34.6 Å². The average Bonchev–Trinajstić information content (AvgIpc) is 3.59. The highest BCUT2D eigenvalue weighted by Crippen LogP contribution is 2.41. The minimum atomic E-state index is -1.36. The van der Waals surface area contributed by atoms with Crippen molar-refractivity contribution in [3.05, 3.63) is 28.7 Å². The number of likely N-dealkylation sites (tertiary alicyclic amines) is 1. The van der Waals surface area contributed by atoms with E-state index in [1.54, 1.807) is 0 Å². The highest BCUT2D eigenvalue weighted by Gasteiger charge is 2.54. The van der Waals surface area contributed by atoms with Crippen molar-refractivity contribution in [1.82, 2.24) is 29.8 Å². The summed E-state index contributed by atoms with van der Waals surface area (Å²) in [5, 5.41) is 37.4. The molecule has 7 N–H and O–H groups in total. The van der Waals surface area contributed by atoms with Crippen LogP contribution in [0, 0.1) is 0 Å². The van der Waals surface area contributed by atoms with Gasteiger partial charge in [-0.3, -0.25) is 19.3 Å². The second-order valence-corrected chi connectivity index (χ2v) is 10.5. The van der Waals surface area contributed by atoms with Crippen LogP contribution in [0.15, 0.2) is 28.1 Å². The van der Waals surface area contributed by atoms with Gasteiger partial charge in [-0.1, -0.05) is 5.16 Å². The Morgan fingerprint density at radius 1 is 1.32 bits per heavy atom. The number of aliphatic carboxylic acids is 1. The number of aliphatic hydroxyl groups excluding tert-OH is 1. The summed E-state index contributed by atoms with van der Waals surface area (Å²) < 4.78 is 3.80. The first-order valence-electron chi connectivity index (χ1n) is 11.2. The van der Waals surface area contributed by atoms with Crippen LogP contribution in [-0.2, 0) is 19.2 Å². The number of carbonyl (C=O) groups is 4. The molecule has 0 saturated carbocycles. The molecule has 3 fully saturated rings. The first-order valence-corrected chi connectivity index (χ1v) is 13.0. The number of hydrogen-bond acceptors (Lipinski definition) is 13. The van der Waals surface area contributed by atoms with Crippen LogP contribution >= 0.6 is 23.3 Å². The van der Waals surface area contributed by atoms with Gasteiger partial charge in [-0.25, -0.2) is 4.79 Å². The van der Waals surface area contributed by atoms with Crippen molar-refractivity contribution in [2.24, 2.45) is 5.16 Å². The summed E-state index contributed by atoms with van der Waals surface area (Å²) in [5.74, 6) is -3.41. The molecule has 4 aliphatic heterocycles. The molecule has 3 saturated heterocycles. The van der Waals surface area contributed by atoms with Gasteiger partial charge in [0.1, 0.15) is 23.3 Å². The number of β-lactam (4-membered cyclic amide) rings is 1. The predicted octanol–water partition coefficient (Wildman–Crippen LogP) is -2.12. The average molecular weight is 551 g/mol. The summed E-state index contributed by atoms with van der Waals surface area (Å²) >= 11 is 1.99. The van der Waals surface area contributed by atoms with E-state index in [1.807, 2.05) is 0 Å². The molecule has 4 atom stereocenters. The number of carboxylic acids is 1. The number of nitrogens with zero attached hydrogens (tertiary/aromatic N) is 5. The van der Waals surface area contributed by atoms with Gasteiger partial charge in [-0.2, -0.15) is 9.36 Å². The quantitative estimate of drug-likeness (QED) is 0.0735. The minimum absolute atomic E-state index is 0.0465. The Hall–Kier alpha value is -3.54. The van der Waals surface area contributed by atoms with Crippen LogP contribution in [0.5, 0.6) is 0 Å². The Morgan fingerprint density at radius 3 is 2.73 bits per heavy atom. The third-order valence-electron chi connectivity index (χ3n) is 6.46. The fraction of sp³-hybridized carbons (Fsp3) is 0.450. The number of nitrogens with one attached hydrogen (secondary N) is 2. The molecule has 5 rings (SSSR count). The van der Waals surface area contributed by atoms with E-state index < -0.39 is 41.1 Å². The van der Waals surface area contributed by atoms with Crippen LogP contribution in [0.3, 0.4) is 0 Å². The zero-order valence-corrected chi connectivity index (χ0v) is 20.7. The molecular weight excluding hydrogens is 528 g/mol. The van der Waals surface area contributed by atoms with Crippen molar-refractivity contribution in [1.29, 1.82) is 0 Å². The van der Waals surface area contributed by atoms with Gasteiger partial charge in [0, 0.05) is 41.9 Å². The second kappa shape index (κ2) is 9.73. The van der Waals surface area contributed by atoms with E-state index in [2.05, 4.69) is 25.1 Å². The molecule has 0 spiro atoms. The SMILES string of the molecule is Nc1nc(/C(=N/O)C(=O)N[C@@H]2C(=O)N3C(C(=O)O)=C(/C=C4\CC(O)N([C@@H]5CCNC5)C4=O)CS[C@H]23)ns1. The van der Waals surface area contributed by atoms with E-state index in [0.29, 0.717) is 13.0 Å². The van der Waals surface area contributed by atoms with E-state index in [-0.39, 0.29) is 51.9 Å². The van der Waals surface area contributed by atoms with E-state index >= 15 is 0 Å². The summed E-state index contributed by atoms with van der Waals surface area (Å²) in [7, 11) is 0. The normalized spacial score (nSPS) is 29.1. The number of carbonyl (C=O) groups excluding carboxylic acids is 3. The molecule has 3 amide bonds. The number of anilines is 1. The van der Waals surface area contributed by atoms with Crippen LogP contribution in [0.2, 0.25) is 0 Å². The van der Waals surface area contributed by atoms with E-state index in [9.17, 15) is 34.6 Å². The number of carboxylic acid groups (broad SMARTS) is 1.